The summed E-state index contributed by atoms with van der Waals surface area (Å²) in [6.45, 7) is 4.59. The first kappa shape index (κ1) is 24.2. The summed E-state index contributed by atoms with van der Waals surface area (Å²) in [5, 5.41) is 10.0. The van der Waals surface area contributed by atoms with Gasteiger partial charge in [0, 0.05) is 22.5 Å². The Hall–Kier alpha value is -4.16. The minimum absolute atomic E-state index is 0.1000. The first-order chi connectivity index (χ1) is 18.5. The molecule has 0 atom stereocenters. The average Bonchev–Trinajstić information content (AvgIpc) is 3.20. The lowest BCUT2D eigenvalue weighted by Gasteiger charge is -2.28. The smallest absolute Gasteiger partial charge is 0.422 e. The van der Waals surface area contributed by atoms with Crippen LogP contribution < -0.4 is 16.3 Å². The summed E-state index contributed by atoms with van der Waals surface area (Å²) in [6, 6.07) is 42.1. The summed E-state index contributed by atoms with van der Waals surface area (Å²) >= 11 is 0. The highest BCUT2D eigenvalue weighted by Gasteiger charge is 2.35. The maximum Gasteiger partial charge on any atom is 0.508 e. The molecule has 0 bridgehead atoms. The second kappa shape index (κ2) is 9.62. The molecular formula is C33H29BN2O2. The SMILES string of the molecule is CC1(C)c2ccccc2-c2ccc(N(c3ccc(B(O)ON)cc3)c3ccc(-c4ccccc4)cc3)cc21. The number of anilines is 3. The van der Waals surface area contributed by atoms with Crippen LogP contribution in [0, 0.1) is 0 Å². The minimum Gasteiger partial charge on any atom is -0.422 e. The van der Waals surface area contributed by atoms with Gasteiger partial charge in [0.1, 0.15) is 0 Å². The van der Waals surface area contributed by atoms with Gasteiger partial charge in [0.25, 0.3) is 0 Å². The molecular weight excluding hydrogens is 467 g/mol. The van der Waals surface area contributed by atoms with Crippen molar-refractivity contribution in [2.45, 2.75) is 19.3 Å². The molecule has 6 rings (SSSR count). The van der Waals surface area contributed by atoms with Crippen molar-refractivity contribution in [3.05, 3.63) is 132 Å². The normalized spacial score (nSPS) is 13.1. The van der Waals surface area contributed by atoms with E-state index in [0.29, 0.717) is 5.46 Å². The van der Waals surface area contributed by atoms with Gasteiger partial charge in [-0.15, -0.1) is 0 Å². The lowest BCUT2D eigenvalue weighted by Crippen LogP contribution is -2.35. The fraction of sp³-hybridized carbons (Fsp3) is 0.0909. The molecule has 38 heavy (non-hydrogen) atoms. The van der Waals surface area contributed by atoms with Crippen LogP contribution in [0.1, 0.15) is 25.0 Å². The average molecular weight is 496 g/mol. The Balaban J connectivity index is 1.46. The van der Waals surface area contributed by atoms with Crippen LogP contribution in [0.15, 0.2) is 121 Å². The van der Waals surface area contributed by atoms with E-state index in [4.69, 9.17) is 5.90 Å². The van der Waals surface area contributed by atoms with E-state index in [1.54, 1.807) is 0 Å². The van der Waals surface area contributed by atoms with Crippen molar-refractivity contribution in [1.82, 2.24) is 0 Å². The van der Waals surface area contributed by atoms with E-state index in [1.165, 1.54) is 33.4 Å². The van der Waals surface area contributed by atoms with Crippen molar-refractivity contribution in [3.8, 4) is 22.3 Å². The van der Waals surface area contributed by atoms with E-state index in [9.17, 15) is 5.02 Å². The Kier molecular flexibility index (Phi) is 6.13. The van der Waals surface area contributed by atoms with E-state index in [1.807, 2.05) is 30.3 Å². The predicted octanol–water partition coefficient (Wildman–Crippen LogP) is 6.71. The molecule has 0 radical (unpaired) electrons. The van der Waals surface area contributed by atoms with Gasteiger partial charge >= 0.3 is 7.12 Å². The largest absolute Gasteiger partial charge is 0.508 e. The lowest BCUT2D eigenvalue weighted by atomic mass is 9.80. The molecule has 0 fully saturated rings. The standard InChI is InChI=1S/C33H29BN2O2/c1-33(2)31-11-7-6-10-29(31)30-21-20-28(22-32(30)33)36(27-18-14-25(15-19-27)34(37)38-35)26-16-12-24(13-17-26)23-8-4-3-5-9-23/h3-22,37H,35H2,1-2H3. The maximum atomic E-state index is 10.0. The van der Waals surface area contributed by atoms with Crippen LogP contribution in [0.4, 0.5) is 17.1 Å². The lowest BCUT2D eigenvalue weighted by molar-refractivity contribution is 0.281. The molecule has 1 aliphatic carbocycles. The van der Waals surface area contributed by atoms with Crippen molar-refractivity contribution in [3.63, 3.8) is 0 Å². The summed E-state index contributed by atoms with van der Waals surface area (Å²) in [5.41, 5.74) is 11.2. The van der Waals surface area contributed by atoms with Gasteiger partial charge in [-0.2, -0.15) is 0 Å². The van der Waals surface area contributed by atoms with Gasteiger partial charge < -0.3 is 14.7 Å². The fourth-order valence-corrected chi connectivity index (χ4v) is 5.58. The summed E-state index contributed by atoms with van der Waals surface area (Å²) in [5.74, 6) is 5.20. The Bertz CT molecular complexity index is 1580. The second-order valence-electron chi connectivity index (χ2n) is 10.2. The van der Waals surface area contributed by atoms with Crippen LogP contribution in [-0.4, -0.2) is 12.1 Å². The molecule has 4 nitrogen and oxygen atoms in total. The third kappa shape index (κ3) is 4.11. The second-order valence-corrected chi connectivity index (χ2v) is 10.2. The van der Waals surface area contributed by atoms with E-state index in [0.717, 1.165) is 17.1 Å². The number of rotatable bonds is 6. The summed E-state index contributed by atoms with van der Waals surface area (Å²) < 4.78 is 4.61. The van der Waals surface area contributed by atoms with E-state index >= 15 is 0 Å². The van der Waals surface area contributed by atoms with E-state index in [-0.39, 0.29) is 5.41 Å². The van der Waals surface area contributed by atoms with Gasteiger partial charge in [0.2, 0.25) is 0 Å². The van der Waals surface area contributed by atoms with Crippen LogP contribution in [0.3, 0.4) is 0 Å². The molecule has 186 valence electrons. The van der Waals surface area contributed by atoms with Crippen LogP contribution >= 0.6 is 0 Å². The monoisotopic (exact) mass is 496 g/mol. The number of nitrogens with zero attached hydrogens (tertiary/aromatic N) is 1. The summed E-state index contributed by atoms with van der Waals surface area (Å²) in [7, 11) is -1.16. The molecule has 0 aliphatic heterocycles. The third-order valence-corrected chi connectivity index (χ3v) is 7.62. The van der Waals surface area contributed by atoms with Gasteiger partial charge in [-0.1, -0.05) is 98.8 Å². The zero-order valence-electron chi connectivity index (χ0n) is 21.5. The van der Waals surface area contributed by atoms with Crippen LogP contribution in [-0.2, 0) is 10.2 Å². The van der Waals surface area contributed by atoms with Crippen LogP contribution in [0.25, 0.3) is 22.3 Å². The minimum atomic E-state index is -1.16. The highest BCUT2D eigenvalue weighted by molar-refractivity contribution is 6.59. The van der Waals surface area contributed by atoms with Gasteiger partial charge in [-0.05, 0) is 75.2 Å². The molecule has 5 heteroatoms. The Morgan fingerprint density at radius 3 is 1.87 bits per heavy atom. The van der Waals surface area contributed by atoms with Crippen LogP contribution in [0.5, 0.6) is 0 Å². The van der Waals surface area contributed by atoms with E-state index in [2.05, 4.69) is 114 Å². The number of fused-ring (bicyclic) bond motifs is 3. The molecule has 0 amide bonds. The molecule has 5 aromatic carbocycles. The van der Waals surface area contributed by atoms with Gasteiger partial charge in [-0.3, -0.25) is 0 Å². The first-order valence-electron chi connectivity index (χ1n) is 12.8. The Morgan fingerprint density at radius 2 is 1.18 bits per heavy atom. The summed E-state index contributed by atoms with van der Waals surface area (Å²) in [6.07, 6.45) is 0. The summed E-state index contributed by atoms with van der Waals surface area (Å²) in [4.78, 5) is 2.24. The molecule has 0 heterocycles. The Labute approximate surface area is 224 Å². The first-order valence-corrected chi connectivity index (χ1v) is 12.8. The van der Waals surface area contributed by atoms with Crippen molar-refractivity contribution in [2.24, 2.45) is 5.90 Å². The van der Waals surface area contributed by atoms with Gasteiger partial charge in [0.05, 0.1) is 0 Å². The van der Waals surface area contributed by atoms with Crippen LogP contribution in [0.2, 0.25) is 0 Å². The number of nitrogens with two attached hydrogens (primary N) is 1. The third-order valence-electron chi connectivity index (χ3n) is 7.62. The molecule has 1 aliphatic rings. The molecule has 0 saturated heterocycles. The van der Waals surface area contributed by atoms with Gasteiger partial charge in [-0.25, -0.2) is 5.90 Å². The quantitative estimate of drug-likeness (QED) is 0.203. The Morgan fingerprint density at radius 1 is 0.632 bits per heavy atom. The fourth-order valence-electron chi connectivity index (χ4n) is 5.58. The number of hydrogen-bond acceptors (Lipinski definition) is 4. The highest BCUT2D eigenvalue weighted by atomic mass is 16.6. The van der Waals surface area contributed by atoms with Crippen molar-refractivity contribution in [2.75, 3.05) is 4.90 Å². The zero-order valence-corrected chi connectivity index (χ0v) is 21.5. The van der Waals surface area contributed by atoms with Crippen molar-refractivity contribution < 1.29 is 9.78 Å². The van der Waals surface area contributed by atoms with Crippen molar-refractivity contribution in [1.29, 1.82) is 0 Å². The molecule has 0 aromatic heterocycles. The van der Waals surface area contributed by atoms with E-state index < -0.39 is 7.12 Å². The topological polar surface area (TPSA) is 58.7 Å². The number of hydrogen-bond donors (Lipinski definition) is 2. The predicted molar refractivity (Wildman–Crippen MR) is 157 cm³/mol. The number of benzene rings is 5. The molecule has 3 N–H and O–H groups in total. The maximum absolute atomic E-state index is 10.0. The van der Waals surface area contributed by atoms with Gasteiger partial charge in [0.15, 0.2) is 0 Å². The molecule has 5 aromatic rings. The molecule has 0 spiro atoms. The van der Waals surface area contributed by atoms with Crippen molar-refractivity contribution >= 4 is 29.6 Å². The highest BCUT2D eigenvalue weighted by Crippen LogP contribution is 2.50. The molecule has 0 unspecified atom stereocenters. The molecule has 0 saturated carbocycles. The zero-order chi connectivity index (χ0) is 26.3.